The van der Waals surface area contributed by atoms with Crippen LogP contribution in [0.1, 0.15) is 5.56 Å². The Morgan fingerprint density at radius 1 is 0.700 bits per heavy atom. The lowest BCUT2D eigenvalue weighted by atomic mass is 10.0. The Morgan fingerprint density at radius 3 is 2.37 bits per heavy atom. The van der Waals surface area contributed by atoms with Gasteiger partial charge in [0.2, 0.25) is 0 Å². The van der Waals surface area contributed by atoms with E-state index in [9.17, 15) is 9.59 Å². The van der Waals surface area contributed by atoms with Gasteiger partial charge in [0.1, 0.15) is 23.5 Å². The molecule has 3 aromatic carbocycles. The van der Waals surface area contributed by atoms with Crippen molar-refractivity contribution in [1.29, 1.82) is 0 Å². The van der Waals surface area contributed by atoms with Crippen molar-refractivity contribution in [1.82, 2.24) is 0 Å². The Morgan fingerprint density at radius 2 is 1.50 bits per heavy atom. The molecule has 0 aliphatic carbocycles. The molecular formula is C25H16O5. The molecule has 0 amide bonds. The van der Waals surface area contributed by atoms with Gasteiger partial charge in [0.15, 0.2) is 0 Å². The molecule has 5 aromatic rings. The van der Waals surface area contributed by atoms with Crippen LogP contribution in [0.5, 0.6) is 5.75 Å². The van der Waals surface area contributed by atoms with Crippen molar-refractivity contribution < 1.29 is 13.6 Å². The van der Waals surface area contributed by atoms with Crippen LogP contribution in [0.3, 0.4) is 0 Å². The third kappa shape index (κ3) is 3.37. The molecule has 0 N–H and O–H groups in total. The van der Waals surface area contributed by atoms with E-state index in [-0.39, 0.29) is 0 Å². The van der Waals surface area contributed by atoms with Crippen molar-refractivity contribution in [2.45, 2.75) is 6.61 Å². The molecule has 0 saturated heterocycles. The van der Waals surface area contributed by atoms with Crippen molar-refractivity contribution in [3.8, 4) is 16.9 Å². The van der Waals surface area contributed by atoms with E-state index in [1.54, 1.807) is 36.4 Å². The lowest BCUT2D eigenvalue weighted by Gasteiger charge is -2.09. The molecule has 0 unspecified atom stereocenters. The molecule has 30 heavy (non-hydrogen) atoms. The van der Waals surface area contributed by atoms with Gasteiger partial charge in [-0.1, -0.05) is 48.5 Å². The quantitative estimate of drug-likeness (QED) is 0.393. The van der Waals surface area contributed by atoms with Crippen molar-refractivity contribution in [2.75, 3.05) is 0 Å². The number of hydrogen-bond acceptors (Lipinski definition) is 5. The molecule has 2 heterocycles. The van der Waals surface area contributed by atoms with Crippen LogP contribution in [0.2, 0.25) is 0 Å². The highest BCUT2D eigenvalue weighted by atomic mass is 16.5. The van der Waals surface area contributed by atoms with Gasteiger partial charge in [0.25, 0.3) is 0 Å². The van der Waals surface area contributed by atoms with Crippen LogP contribution in [0, 0.1) is 0 Å². The third-order valence-electron chi connectivity index (χ3n) is 4.90. The maximum atomic E-state index is 12.6. The Bertz CT molecular complexity index is 1480. The Hall–Kier alpha value is -4.12. The average molecular weight is 396 g/mol. The molecule has 0 radical (unpaired) electrons. The summed E-state index contributed by atoms with van der Waals surface area (Å²) in [5, 5.41) is 1.40. The average Bonchev–Trinajstić information content (AvgIpc) is 2.77. The smallest absolute Gasteiger partial charge is 0.344 e. The van der Waals surface area contributed by atoms with E-state index in [1.807, 2.05) is 42.5 Å². The molecule has 146 valence electrons. The van der Waals surface area contributed by atoms with Crippen LogP contribution >= 0.6 is 0 Å². The van der Waals surface area contributed by atoms with Crippen molar-refractivity contribution in [3.63, 3.8) is 0 Å². The highest BCUT2D eigenvalue weighted by Gasteiger charge is 2.14. The lowest BCUT2D eigenvalue weighted by Crippen LogP contribution is -2.06. The number of benzene rings is 3. The second-order valence-electron chi connectivity index (χ2n) is 6.90. The number of ether oxygens (including phenoxy) is 1. The van der Waals surface area contributed by atoms with E-state index < -0.39 is 11.3 Å². The molecule has 5 rings (SSSR count). The van der Waals surface area contributed by atoms with Crippen LogP contribution < -0.4 is 16.0 Å². The standard InChI is InChI=1S/C25H16O5/c26-24-14-20(21-12-17-8-4-5-9-22(17)30-25(21)27)19-11-10-18(13-23(19)29-24)28-15-16-6-2-1-3-7-16/h1-14H,15H2. The van der Waals surface area contributed by atoms with Gasteiger partial charge in [-0.25, -0.2) is 9.59 Å². The van der Waals surface area contributed by atoms with Gasteiger partial charge in [-0.05, 0) is 29.8 Å². The van der Waals surface area contributed by atoms with E-state index in [4.69, 9.17) is 13.6 Å². The number of hydrogen-bond donors (Lipinski definition) is 0. The molecule has 0 atom stereocenters. The van der Waals surface area contributed by atoms with Crippen molar-refractivity contribution in [2.24, 2.45) is 0 Å². The summed E-state index contributed by atoms with van der Waals surface area (Å²) in [6.45, 7) is 0.393. The van der Waals surface area contributed by atoms with Crippen molar-refractivity contribution in [3.05, 3.63) is 111 Å². The summed E-state index contributed by atoms with van der Waals surface area (Å²) in [7, 11) is 0. The van der Waals surface area contributed by atoms with Crippen LogP contribution in [-0.2, 0) is 6.61 Å². The summed E-state index contributed by atoms with van der Waals surface area (Å²) < 4.78 is 16.6. The molecule has 0 aliphatic rings. The monoisotopic (exact) mass is 396 g/mol. The van der Waals surface area contributed by atoms with E-state index in [0.717, 1.165) is 10.9 Å². The highest BCUT2D eigenvalue weighted by Crippen LogP contribution is 2.30. The summed E-state index contributed by atoms with van der Waals surface area (Å²) in [6, 6.07) is 25.3. The van der Waals surface area contributed by atoms with Crippen molar-refractivity contribution >= 4 is 21.9 Å². The largest absolute Gasteiger partial charge is 0.489 e. The minimum atomic E-state index is -0.551. The number of para-hydroxylation sites is 1. The van der Waals surface area contributed by atoms with E-state index in [1.165, 1.54) is 6.07 Å². The molecule has 0 saturated carbocycles. The molecule has 0 bridgehead atoms. The number of fused-ring (bicyclic) bond motifs is 2. The zero-order valence-corrected chi connectivity index (χ0v) is 15.8. The van der Waals surface area contributed by atoms with Crippen LogP contribution in [0.15, 0.2) is 103 Å². The summed E-state index contributed by atoms with van der Waals surface area (Å²) in [5.74, 6) is 0.567. The van der Waals surface area contributed by atoms with E-state index in [0.29, 0.717) is 40.0 Å². The number of rotatable bonds is 4. The van der Waals surface area contributed by atoms with Gasteiger partial charge in [0, 0.05) is 28.5 Å². The second-order valence-corrected chi connectivity index (χ2v) is 6.90. The SMILES string of the molecule is O=c1cc(-c2cc3ccccc3oc2=O)c2ccc(OCc3ccccc3)cc2o1. The minimum Gasteiger partial charge on any atom is -0.489 e. The van der Waals surface area contributed by atoms with Gasteiger partial charge >= 0.3 is 11.3 Å². The van der Waals surface area contributed by atoms with Gasteiger partial charge in [-0.15, -0.1) is 0 Å². The first-order valence-corrected chi connectivity index (χ1v) is 9.45. The Kier molecular flexibility index (Phi) is 4.41. The fourth-order valence-electron chi connectivity index (χ4n) is 3.45. The first-order chi connectivity index (χ1) is 14.7. The maximum absolute atomic E-state index is 12.6. The highest BCUT2D eigenvalue weighted by molar-refractivity contribution is 5.95. The molecule has 2 aromatic heterocycles. The zero-order chi connectivity index (χ0) is 20.5. The molecule has 5 nitrogen and oxygen atoms in total. The van der Waals surface area contributed by atoms with E-state index in [2.05, 4.69) is 0 Å². The normalized spacial score (nSPS) is 11.1. The summed E-state index contributed by atoms with van der Waals surface area (Å²) in [5.41, 5.74) is 1.59. The Balaban J connectivity index is 1.59. The molecule has 5 heteroatoms. The van der Waals surface area contributed by atoms with Gasteiger partial charge in [-0.2, -0.15) is 0 Å². The predicted octanol–water partition coefficient (Wildman–Crippen LogP) is 5.15. The predicted molar refractivity (Wildman–Crippen MR) is 115 cm³/mol. The zero-order valence-electron chi connectivity index (χ0n) is 15.8. The van der Waals surface area contributed by atoms with Crippen LogP contribution in [0.25, 0.3) is 33.1 Å². The van der Waals surface area contributed by atoms with Gasteiger partial charge < -0.3 is 13.6 Å². The van der Waals surface area contributed by atoms with Gasteiger partial charge in [0.05, 0.1) is 5.56 Å². The molecule has 0 aliphatic heterocycles. The van der Waals surface area contributed by atoms with E-state index >= 15 is 0 Å². The summed E-state index contributed by atoms with van der Waals surface area (Å²) in [6.07, 6.45) is 0. The van der Waals surface area contributed by atoms with Gasteiger partial charge in [-0.3, -0.25) is 0 Å². The Labute approximate surface area is 170 Å². The van der Waals surface area contributed by atoms with Crippen LogP contribution in [0.4, 0.5) is 0 Å². The molecular weight excluding hydrogens is 380 g/mol. The van der Waals surface area contributed by atoms with Crippen LogP contribution in [-0.4, -0.2) is 0 Å². The summed E-state index contributed by atoms with van der Waals surface area (Å²) in [4.78, 5) is 24.8. The minimum absolute atomic E-state index is 0.310. The third-order valence-corrected chi connectivity index (χ3v) is 4.90. The fourth-order valence-corrected chi connectivity index (χ4v) is 3.45. The topological polar surface area (TPSA) is 69.7 Å². The molecule has 0 spiro atoms. The molecule has 0 fully saturated rings. The first kappa shape index (κ1) is 17.9. The first-order valence-electron chi connectivity index (χ1n) is 9.45. The second kappa shape index (κ2) is 7.37. The fraction of sp³-hybridized carbons (Fsp3) is 0.0400. The summed E-state index contributed by atoms with van der Waals surface area (Å²) >= 11 is 0. The maximum Gasteiger partial charge on any atom is 0.344 e. The lowest BCUT2D eigenvalue weighted by molar-refractivity contribution is 0.306.